The van der Waals surface area contributed by atoms with Gasteiger partial charge in [-0.15, -0.1) is 0 Å². The van der Waals surface area contributed by atoms with Gasteiger partial charge in [0.1, 0.15) is 12.6 Å². The Morgan fingerprint density at radius 1 is 1.35 bits per heavy atom. The minimum atomic E-state index is -1.08. The molecule has 23 heavy (non-hydrogen) atoms. The van der Waals surface area contributed by atoms with Crippen molar-refractivity contribution in [3.63, 3.8) is 0 Å². The molecule has 0 radical (unpaired) electrons. The third-order valence-corrected chi connectivity index (χ3v) is 3.04. The first-order valence-corrected chi connectivity index (χ1v) is 7.15. The number of hydrogen-bond acceptors (Lipinski definition) is 6. The van der Waals surface area contributed by atoms with Crippen LogP contribution < -0.4 is 16.4 Å². The number of carboxylic acid groups (broad SMARTS) is 1. The van der Waals surface area contributed by atoms with Gasteiger partial charge >= 0.3 is 11.9 Å². The number of nitrogen functional groups attached to an aromatic ring is 1. The number of aromatic carboxylic acids is 1. The molecule has 126 valence electrons. The normalized spacial score (nSPS) is 11.4. The number of rotatable bonds is 8. The van der Waals surface area contributed by atoms with E-state index in [4.69, 9.17) is 15.6 Å². The Hall–Kier alpha value is -2.77. The van der Waals surface area contributed by atoms with Gasteiger partial charge in [0.05, 0.1) is 23.5 Å². The van der Waals surface area contributed by atoms with Gasteiger partial charge in [-0.3, -0.25) is 4.79 Å². The van der Waals surface area contributed by atoms with E-state index >= 15 is 0 Å². The molecule has 0 aliphatic carbocycles. The van der Waals surface area contributed by atoms with E-state index in [-0.39, 0.29) is 30.3 Å². The predicted molar refractivity (Wildman–Crippen MR) is 85.2 cm³/mol. The summed E-state index contributed by atoms with van der Waals surface area (Å²) in [6.45, 7) is 3.49. The van der Waals surface area contributed by atoms with Gasteiger partial charge in [-0.1, -0.05) is 6.92 Å². The monoisotopic (exact) mass is 323 g/mol. The summed E-state index contributed by atoms with van der Waals surface area (Å²) in [5.74, 6) is -1.75. The summed E-state index contributed by atoms with van der Waals surface area (Å²) in [5.41, 5.74) is 6.55. The maximum Gasteiger partial charge on any atom is 0.335 e. The first-order chi connectivity index (χ1) is 10.8. The third kappa shape index (κ3) is 5.85. The molecular weight excluding hydrogens is 302 g/mol. The van der Waals surface area contributed by atoms with Gasteiger partial charge in [0, 0.05) is 6.92 Å². The molecule has 0 aliphatic heterocycles. The second-order valence-corrected chi connectivity index (χ2v) is 4.86. The average molecular weight is 323 g/mol. The van der Waals surface area contributed by atoms with Gasteiger partial charge in [0.25, 0.3) is 0 Å². The van der Waals surface area contributed by atoms with Crippen molar-refractivity contribution >= 4 is 29.2 Å². The van der Waals surface area contributed by atoms with Crippen LogP contribution in [0.15, 0.2) is 18.2 Å². The molecule has 1 aromatic rings. The van der Waals surface area contributed by atoms with Crippen LogP contribution in [-0.4, -0.2) is 42.1 Å². The summed E-state index contributed by atoms with van der Waals surface area (Å²) < 4.78 is 5.07. The number of hydrogen-bond donors (Lipinski definition) is 4. The van der Waals surface area contributed by atoms with Crippen LogP contribution >= 0.6 is 0 Å². The predicted octanol–water partition coefficient (Wildman–Crippen LogP) is 0.837. The zero-order valence-corrected chi connectivity index (χ0v) is 13.1. The molecule has 0 bridgehead atoms. The van der Waals surface area contributed by atoms with Crippen LogP contribution in [0.5, 0.6) is 0 Å². The number of nitrogens with one attached hydrogen (secondary N) is 2. The molecule has 1 unspecified atom stereocenters. The van der Waals surface area contributed by atoms with E-state index in [0.29, 0.717) is 12.1 Å². The fourth-order valence-electron chi connectivity index (χ4n) is 1.82. The highest BCUT2D eigenvalue weighted by atomic mass is 16.5. The number of carbonyl (C=O) groups is 3. The van der Waals surface area contributed by atoms with Crippen LogP contribution in [0, 0.1) is 0 Å². The number of anilines is 2. The van der Waals surface area contributed by atoms with E-state index in [9.17, 15) is 14.4 Å². The molecule has 0 fully saturated rings. The molecule has 5 N–H and O–H groups in total. The summed E-state index contributed by atoms with van der Waals surface area (Å²) in [7, 11) is 0. The first-order valence-electron chi connectivity index (χ1n) is 7.15. The van der Waals surface area contributed by atoms with Crippen LogP contribution in [0.4, 0.5) is 11.4 Å². The topological polar surface area (TPSA) is 131 Å². The van der Waals surface area contributed by atoms with Crippen LogP contribution in [0.3, 0.4) is 0 Å². The number of ether oxygens (including phenoxy) is 1. The molecule has 0 aromatic heterocycles. The van der Waals surface area contributed by atoms with Gasteiger partial charge in [0.2, 0.25) is 5.91 Å². The fraction of sp³-hybridized carbons (Fsp3) is 0.400. The van der Waals surface area contributed by atoms with Gasteiger partial charge < -0.3 is 26.2 Å². The number of benzene rings is 1. The Morgan fingerprint density at radius 2 is 2.04 bits per heavy atom. The van der Waals surface area contributed by atoms with Gasteiger partial charge in [-0.05, 0) is 24.6 Å². The zero-order valence-electron chi connectivity index (χ0n) is 13.1. The van der Waals surface area contributed by atoms with Crippen molar-refractivity contribution in [2.24, 2.45) is 0 Å². The number of esters is 1. The van der Waals surface area contributed by atoms with E-state index < -0.39 is 18.0 Å². The molecule has 0 aliphatic rings. The van der Waals surface area contributed by atoms with E-state index in [1.54, 1.807) is 6.92 Å². The van der Waals surface area contributed by atoms with E-state index in [2.05, 4.69) is 10.6 Å². The number of amides is 1. The first kappa shape index (κ1) is 18.3. The zero-order chi connectivity index (χ0) is 17.4. The lowest BCUT2D eigenvalue weighted by atomic mass is 10.1. The minimum Gasteiger partial charge on any atom is -0.478 e. The van der Waals surface area contributed by atoms with Crippen molar-refractivity contribution in [1.82, 2.24) is 5.32 Å². The molecule has 0 spiro atoms. The average Bonchev–Trinajstić information content (AvgIpc) is 2.49. The quantitative estimate of drug-likeness (QED) is 0.317. The van der Waals surface area contributed by atoms with Crippen LogP contribution in [0.2, 0.25) is 0 Å². The maximum absolute atomic E-state index is 12.0. The van der Waals surface area contributed by atoms with E-state index in [0.717, 1.165) is 0 Å². The molecule has 0 heterocycles. The molecule has 8 nitrogen and oxygen atoms in total. The molecule has 1 aromatic carbocycles. The third-order valence-electron chi connectivity index (χ3n) is 3.04. The Balaban J connectivity index is 2.63. The molecule has 8 heteroatoms. The number of carboxylic acids is 1. The summed E-state index contributed by atoms with van der Waals surface area (Å²) in [5, 5.41) is 14.3. The summed E-state index contributed by atoms with van der Waals surface area (Å²) in [4.78, 5) is 33.6. The van der Waals surface area contributed by atoms with Crippen molar-refractivity contribution in [1.29, 1.82) is 0 Å². The molecule has 0 saturated carbocycles. The molecule has 1 rings (SSSR count). The highest BCUT2D eigenvalue weighted by Gasteiger charge is 2.19. The lowest BCUT2D eigenvalue weighted by Gasteiger charge is -2.18. The minimum absolute atomic E-state index is 0.0685. The summed E-state index contributed by atoms with van der Waals surface area (Å²) >= 11 is 0. The molecule has 1 atom stereocenters. The van der Waals surface area contributed by atoms with Crippen molar-refractivity contribution in [2.45, 2.75) is 26.3 Å². The fourth-order valence-corrected chi connectivity index (χ4v) is 1.82. The summed E-state index contributed by atoms with van der Waals surface area (Å²) in [6, 6.07) is 3.60. The van der Waals surface area contributed by atoms with Crippen molar-refractivity contribution in [3.8, 4) is 0 Å². The Bertz CT molecular complexity index is 588. The van der Waals surface area contributed by atoms with E-state index in [1.807, 2.05) is 0 Å². The van der Waals surface area contributed by atoms with Crippen LogP contribution in [-0.2, 0) is 14.3 Å². The highest BCUT2D eigenvalue weighted by molar-refractivity contribution is 5.91. The van der Waals surface area contributed by atoms with Gasteiger partial charge in [-0.2, -0.15) is 0 Å². The van der Waals surface area contributed by atoms with Crippen molar-refractivity contribution < 1.29 is 24.2 Å². The molecule has 1 amide bonds. The van der Waals surface area contributed by atoms with Crippen molar-refractivity contribution in [2.75, 3.05) is 24.2 Å². The van der Waals surface area contributed by atoms with Gasteiger partial charge in [0.15, 0.2) is 0 Å². The second kappa shape index (κ2) is 8.62. The van der Waals surface area contributed by atoms with Gasteiger partial charge in [-0.25, -0.2) is 9.59 Å². The van der Waals surface area contributed by atoms with E-state index in [1.165, 1.54) is 25.1 Å². The summed E-state index contributed by atoms with van der Waals surface area (Å²) in [6.07, 6.45) is 0.457. The Kier molecular flexibility index (Phi) is 6.85. The maximum atomic E-state index is 12.0. The SMILES string of the molecule is CCC(Nc1ccc(C(=O)O)cc1N)C(=O)OCCNC(C)=O. The molecule has 0 saturated heterocycles. The van der Waals surface area contributed by atoms with Crippen LogP contribution in [0.1, 0.15) is 30.6 Å². The smallest absolute Gasteiger partial charge is 0.335 e. The lowest BCUT2D eigenvalue weighted by Crippen LogP contribution is -2.33. The largest absolute Gasteiger partial charge is 0.478 e. The second-order valence-electron chi connectivity index (χ2n) is 4.86. The highest BCUT2D eigenvalue weighted by Crippen LogP contribution is 2.21. The Labute approximate surface area is 134 Å². The number of nitrogens with two attached hydrogens (primary N) is 1. The lowest BCUT2D eigenvalue weighted by molar-refractivity contribution is -0.144. The van der Waals surface area contributed by atoms with Crippen molar-refractivity contribution in [3.05, 3.63) is 23.8 Å². The Morgan fingerprint density at radius 3 is 2.57 bits per heavy atom. The van der Waals surface area contributed by atoms with Crippen LogP contribution in [0.25, 0.3) is 0 Å². The standard InChI is InChI=1S/C15H21N3O5/c1-3-12(15(22)23-7-6-17-9(2)19)18-13-5-4-10(14(20)21)8-11(13)16/h4-5,8,12,18H,3,6-7,16H2,1-2H3,(H,17,19)(H,20,21). The number of carbonyl (C=O) groups excluding carboxylic acids is 2. The molecular formula is C15H21N3O5.